The van der Waals surface area contributed by atoms with E-state index in [1.165, 1.54) is 24.0 Å². The van der Waals surface area contributed by atoms with Crippen molar-refractivity contribution in [3.8, 4) is 0 Å². The molecule has 2 aliphatic heterocycles. The summed E-state index contributed by atoms with van der Waals surface area (Å²) >= 11 is 0. The molecule has 1 atom stereocenters. The second kappa shape index (κ2) is 8.67. The van der Waals surface area contributed by atoms with Crippen molar-refractivity contribution in [2.75, 3.05) is 56.2 Å². The molecule has 0 saturated carbocycles. The Bertz CT molecular complexity index is 724. The number of rotatable bonds is 6. The Labute approximate surface area is 161 Å². The molecule has 1 N–H and O–H groups in total. The Morgan fingerprint density at radius 2 is 1.78 bits per heavy atom. The summed E-state index contributed by atoms with van der Waals surface area (Å²) in [5.41, 5.74) is 2.63. The smallest absolute Gasteiger partial charge is 0.134 e. The minimum atomic E-state index is 0.305. The largest absolute Gasteiger partial charge is 0.379 e. The van der Waals surface area contributed by atoms with Gasteiger partial charge in [-0.1, -0.05) is 29.8 Å². The Morgan fingerprint density at radius 3 is 2.52 bits per heavy atom. The zero-order valence-corrected chi connectivity index (χ0v) is 16.1. The molecular weight excluding hydrogens is 338 g/mol. The van der Waals surface area contributed by atoms with Gasteiger partial charge in [-0.15, -0.1) is 0 Å². The van der Waals surface area contributed by atoms with Crippen LogP contribution < -0.4 is 10.2 Å². The molecule has 2 fully saturated rings. The summed E-state index contributed by atoms with van der Waals surface area (Å²) in [4.78, 5) is 13.7. The fourth-order valence-corrected chi connectivity index (χ4v) is 3.90. The summed E-state index contributed by atoms with van der Waals surface area (Å²) < 4.78 is 5.55. The highest BCUT2D eigenvalue weighted by Gasteiger charge is 2.23. The summed E-state index contributed by atoms with van der Waals surface area (Å²) in [7, 11) is 0. The topological polar surface area (TPSA) is 53.5 Å². The van der Waals surface area contributed by atoms with E-state index in [4.69, 9.17) is 4.74 Å². The lowest BCUT2D eigenvalue weighted by molar-refractivity contribution is 0.0187. The summed E-state index contributed by atoms with van der Waals surface area (Å²) in [5, 5.41) is 3.56. The number of hydrogen-bond donors (Lipinski definition) is 1. The molecule has 0 bridgehead atoms. The SMILES string of the molecule is Cc1ccc(C(CNc2cc(N3CCCC3)ncn2)N2CCOCC2)cc1. The molecule has 2 aromatic rings. The summed E-state index contributed by atoms with van der Waals surface area (Å²) in [5.74, 6) is 1.93. The first kappa shape index (κ1) is 18.2. The molecule has 2 saturated heterocycles. The molecule has 1 unspecified atom stereocenters. The summed E-state index contributed by atoms with van der Waals surface area (Å²) in [6.07, 6.45) is 4.17. The number of ether oxygens (including phenoxy) is 1. The minimum absolute atomic E-state index is 0.305. The maximum absolute atomic E-state index is 5.55. The fraction of sp³-hybridized carbons (Fsp3) is 0.524. The average Bonchev–Trinajstić information content (AvgIpc) is 3.25. The van der Waals surface area contributed by atoms with Crippen LogP contribution in [0.1, 0.15) is 30.0 Å². The van der Waals surface area contributed by atoms with Gasteiger partial charge in [0, 0.05) is 38.8 Å². The van der Waals surface area contributed by atoms with Crippen LogP contribution in [-0.2, 0) is 4.74 Å². The average molecular weight is 367 g/mol. The van der Waals surface area contributed by atoms with E-state index in [2.05, 4.69) is 62.3 Å². The molecule has 0 amide bonds. The zero-order chi connectivity index (χ0) is 18.5. The van der Waals surface area contributed by atoms with Crippen molar-refractivity contribution in [1.29, 1.82) is 0 Å². The predicted octanol–water partition coefficient (Wildman–Crippen LogP) is 2.87. The van der Waals surface area contributed by atoms with Gasteiger partial charge in [-0.05, 0) is 25.3 Å². The molecule has 144 valence electrons. The molecule has 0 spiro atoms. The number of anilines is 2. The Hall–Kier alpha value is -2.18. The van der Waals surface area contributed by atoms with Crippen molar-refractivity contribution in [2.24, 2.45) is 0 Å². The lowest BCUT2D eigenvalue weighted by Crippen LogP contribution is -2.41. The predicted molar refractivity (Wildman–Crippen MR) is 108 cm³/mol. The number of nitrogens with zero attached hydrogens (tertiary/aromatic N) is 4. The van der Waals surface area contributed by atoms with E-state index in [1.54, 1.807) is 6.33 Å². The van der Waals surface area contributed by atoms with E-state index < -0.39 is 0 Å². The lowest BCUT2D eigenvalue weighted by atomic mass is 10.0. The van der Waals surface area contributed by atoms with Crippen LogP contribution in [0.5, 0.6) is 0 Å². The molecule has 0 radical (unpaired) electrons. The second-order valence-corrected chi connectivity index (χ2v) is 7.41. The van der Waals surface area contributed by atoms with Crippen LogP contribution >= 0.6 is 0 Å². The molecule has 2 aliphatic rings. The van der Waals surface area contributed by atoms with Gasteiger partial charge >= 0.3 is 0 Å². The summed E-state index contributed by atoms with van der Waals surface area (Å²) in [6.45, 7) is 8.66. The van der Waals surface area contributed by atoms with E-state index in [0.717, 1.165) is 57.6 Å². The molecule has 6 nitrogen and oxygen atoms in total. The van der Waals surface area contributed by atoms with Gasteiger partial charge < -0.3 is 15.0 Å². The molecule has 1 aromatic carbocycles. The van der Waals surface area contributed by atoms with Gasteiger partial charge in [0.05, 0.1) is 19.3 Å². The van der Waals surface area contributed by atoms with Crippen molar-refractivity contribution >= 4 is 11.6 Å². The first-order valence-corrected chi connectivity index (χ1v) is 9.99. The molecule has 4 rings (SSSR count). The van der Waals surface area contributed by atoms with E-state index in [1.807, 2.05) is 0 Å². The van der Waals surface area contributed by atoms with Crippen molar-refractivity contribution in [3.05, 3.63) is 47.8 Å². The first-order valence-electron chi connectivity index (χ1n) is 9.99. The molecule has 1 aromatic heterocycles. The second-order valence-electron chi connectivity index (χ2n) is 7.41. The van der Waals surface area contributed by atoms with Crippen LogP contribution in [-0.4, -0.2) is 60.8 Å². The van der Waals surface area contributed by atoms with E-state index in [9.17, 15) is 0 Å². The number of nitrogens with one attached hydrogen (secondary N) is 1. The number of aromatic nitrogens is 2. The van der Waals surface area contributed by atoms with E-state index >= 15 is 0 Å². The van der Waals surface area contributed by atoms with Gasteiger partial charge in [-0.2, -0.15) is 0 Å². The highest BCUT2D eigenvalue weighted by molar-refractivity contribution is 5.49. The van der Waals surface area contributed by atoms with E-state index in [0.29, 0.717) is 6.04 Å². The molecule has 6 heteroatoms. The van der Waals surface area contributed by atoms with Crippen molar-refractivity contribution in [2.45, 2.75) is 25.8 Å². The normalized spacial score (nSPS) is 19.2. The quantitative estimate of drug-likeness (QED) is 0.847. The number of benzene rings is 1. The fourth-order valence-electron chi connectivity index (χ4n) is 3.90. The van der Waals surface area contributed by atoms with Gasteiger partial charge in [0.1, 0.15) is 18.0 Å². The maximum atomic E-state index is 5.55. The molecule has 3 heterocycles. The first-order chi connectivity index (χ1) is 13.3. The van der Waals surface area contributed by atoms with Crippen molar-refractivity contribution < 1.29 is 4.74 Å². The number of hydrogen-bond acceptors (Lipinski definition) is 6. The van der Waals surface area contributed by atoms with Gasteiger partial charge in [-0.25, -0.2) is 9.97 Å². The zero-order valence-electron chi connectivity index (χ0n) is 16.1. The van der Waals surface area contributed by atoms with E-state index in [-0.39, 0.29) is 0 Å². The Morgan fingerprint density at radius 1 is 1.04 bits per heavy atom. The van der Waals surface area contributed by atoms with Crippen LogP contribution in [0.25, 0.3) is 0 Å². The highest BCUT2D eigenvalue weighted by Crippen LogP contribution is 2.24. The third kappa shape index (κ3) is 4.57. The van der Waals surface area contributed by atoms with Crippen LogP contribution in [0.2, 0.25) is 0 Å². The van der Waals surface area contributed by atoms with Gasteiger partial charge in [0.25, 0.3) is 0 Å². The van der Waals surface area contributed by atoms with Crippen LogP contribution in [0.3, 0.4) is 0 Å². The van der Waals surface area contributed by atoms with Crippen LogP contribution in [0, 0.1) is 6.92 Å². The third-order valence-corrected chi connectivity index (χ3v) is 5.51. The molecule has 0 aliphatic carbocycles. The van der Waals surface area contributed by atoms with Crippen LogP contribution in [0.15, 0.2) is 36.7 Å². The molecule has 27 heavy (non-hydrogen) atoms. The lowest BCUT2D eigenvalue weighted by Gasteiger charge is -2.35. The Balaban J connectivity index is 1.48. The highest BCUT2D eigenvalue weighted by atomic mass is 16.5. The maximum Gasteiger partial charge on any atom is 0.134 e. The molecular formula is C21H29N5O. The number of morpholine rings is 1. The van der Waals surface area contributed by atoms with Crippen LogP contribution in [0.4, 0.5) is 11.6 Å². The summed E-state index contributed by atoms with van der Waals surface area (Å²) in [6, 6.07) is 11.3. The number of aryl methyl sites for hydroxylation is 1. The minimum Gasteiger partial charge on any atom is -0.379 e. The van der Waals surface area contributed by atoms with Crippen molar-refractivity contribution in [3.63, 3.8) is 0 Å². The van der Waals surface area contributed by atoms with Gasteiger partial charge in [0.15, 0.2) is 0 Å². The van der Waals surface area contributed by atoms with Gasteiger partial charge in [-0.3, -0.25) is 4.90 Å². The Kier molecular flexibility index (Phi) is 5.84. The van der Waals surface area contributed by atoms with Crippen molar-refractivity contribution in [1.82, 2.24) is 14.9 Å². The standard InChI is InChI=1S/C21H29N5O/c1-17-4-6-18(7-5-17)19(25-10-12-27-13-11-25)15-22-20-14-21(24-16-23-20)26-8-2-3-9-26/h4-7,14,16,19H,2-3,8-13,15H2,1H3,(H,22,23,24). The third-order valence-electron chi connectivity index (χ3n) is 5.51. The van der Waals surface area contributed by atoms with Gasteiger partial charge in [0.2, 0.25) is 0 Å². The monoisotopic (exact) mass is 367 g/mol.